The summed E-state index contributed by atoms with van der Waals surface area (Å²) in [6.07, 6.45) is 4.28. The van der Waals surface area contributed by atoms with Crippen molar-refractivity contribution >= 4 is 57.0 Å². The van der Waals surface area contributed by atoms with Gasteiger partial charge in [0.05, 0.1) is 35.4 Å². The van der Waals surface area contributed by atoms with Crippen molar-refractivity contribution in [2.24, 2.45) is 0 Å². The van der Waals surface area contributed by atoms with Crippen LogP contribution in [0.3, 0.4) is 0 Å². The summed E-state index contributed by atoms with van der Waals surface area (Å²) in [4.78, 5) is 32.1. The van der Waals surface area contributed by atoms with E-state index in [0.717, 1.165) is 48.5 Å². The molecule has 4 aromatic carbocycles. The molecular weight excluding hydrogens is 681 g/mol. The normalized spacial score (nSPS) is 15.0. The standard InChI is InChI=1S/C38H39Cl2N3O5S/c1-47-35(44)24-43(38(45)36-31-10-5-4-8-27(31)20-29(22-41)37(36)48-2)23-28(26-12-13-32(39)33(40)21-26)16-19-42-17-14-25(15-18-42)30-9-6-7-11-34(30)49(3)46/h4-13,20-21,25,28H,14-19,23-24H2,1-3H3/t28?,49-/m0/s1. The number of rotatable bonds is 12. The Kier molecular flexibility index (Phi) is 12.5. The molecule has 0 radical (unpaired) electrons. The average molecular weight is 721 g/mol. The number of likely N-dealkylation sites (tertiary alicyclic amines) is 1. The van der Waals surface area contributed by atoms with Crippen molar-refractivity contribution in [3.63, 3.8) is 0 Å². The zero-order chi connectivity index (χ0) is 35.1. The summed E-state index contributed by atoms with van der Waals surface area (Å²) in [6, 6.07) is 24.6. The Bertz CT molecular complexity index is 1860. The van der Waals surface area contributed by atoms with E-state index in [-0.39, 0.29) is 35.9 Å². The molecule has 1 unspecified atom stereocenters. The number of amides is 1. The lowest BCUT2D eigenvalue weighted by molar-refractivity contribution is -0.141. The fourth-order valence-corrected chi connectivity index (χ4v) is 7.86. The summed E-state index contributed by atoms with van der Waals surface area (Å²) in [7, 11) is 2.71. The molecule has 0 N–H and O–H groups in total. The van der Waals surface area contributed by atoms with Gasteiger partial charge >= 0.3 is 5.97 Å². The fraction of sp³-hybridized carbons (Fsp3) is 0.342. The number of nitrogens with zero attached hydrogens (tertiary/aromatic N) is 3. The molecule has 0 aliphatic carbocycles. The first-order valence-electron chi connectivity index (χ1n) is 16.1. The summed E-state index contributed by atoms with van der Waals surface area (Å²) >= 11 is 11.7. The summed E-state index contributed by atoms with van der Waals surface area (Å²) in [5, 5.41) is 12.1. The number of esters is 1. The quantitative estimate of drug-likeness (QED) is 0.111. The van der Waals surface area contributed by atoms with Gasteiger partial charge in [0.15, 0.2) is 4.90 Å². The highest BCUT2D eigenvalue weighted by Crippen LogP contribution is 2.36. The van der Waals surface area contributed by atoms with Crippen LogP contribution in [0.25, 0.3) is 10.8 Å². The molecule has 1 aliphatic heterocycles. The first-order chi connectivity index (χ1) is 23.6. The molecule has 0 saturated carbocycles. The number of methoxy groups -OCH3 is 2. The number of piperidine rings is 1. The topological polar surface area (TPSA) is 106 Å². The van der Waals surface area contributed by atoms with Crippen LogP contribution in [-0.4, -0.2) is 79.4 Å². The minimum Gasteiger partial charge on any atom is -0.612 e. The van der Waals surface area contributed by atoms with Gasteiger partial charge in [0.25, 0.3) is 5.91 Å². The van der Waals surface area contributed by atoms with Gasteiger partial charge in [-0.15, -0.1) is 0 Å². The highest BCUT2D eigenvalue weighted by atomic mass is 35.5. The highest BCUT2D eigenvalue weighted by Gasteiger charge is 2.31. The van der Waals surface area contributed by atoms with Crippen LogP contribution in [0.4, 0.5) is 0 Å². The number of fused-ring (bicyclic) bond motifs is 1. The second-order valence-corrected chi connectivity index (χ2v) is 14.4. The molecule has 1 aliphatic rings. The van der Waals surface area contributed by atoms with E-state index >= 15 is 0 Å². The molecule has 49 heavy (non-hydrogen) atoms. The largest absolute Gasteiger partial charge is 0.612 e. The molecule has 0 spiro atoms. The maximum absolute atomic E-state index is 14.5. The lowest BCUT2D eigenvalue weighted by Gasteiger charge is -2.34. The molecule has 11 heteroatoms. The van der Waals surface area contributed by atoms with Gasteiger partial charge in [-0.05, 0) is 96.6 Å². The van der Waals surface area contributed by atoms with E-state index in [9.17, 15) is 19.4 Å². The van der Waals surface area contributed by atoms with Crippen LogP contribution in [0.5, 0.6) is 5.75 Å². The molecule has 2 atom stereocenters. The Morgan fingerprint density at radius 2 is 1.76 bits per heavy atom. The van der Waals surface area contributed by atoms with Gasteiger partial charge in [-0.25, -0.2) is 0 Å². The minimum atomic E-state index is -1.05. The first kappa shape index (κ1) is 36.5. The fourth-order valence-electron chi connectivity index (χ4n) is 6.72. The third-order valence-electron chi connectivity index (χ3n) is 9.28. The Morgan fingerprint density at radius 1 is 1.04 bits per heavy atom. The van der Waals surface area contributed by atoms with Crippen molar-refractivity contribution in [2.75, 3.05) is 53.2 Å². The lowest BCUT2D eigenvalue weighted by Crippen LogP contribution is -2.40. The van der Waals surface area contributed by atoms with E-state index < -0.39 is 23.1 Å². The monoisotopic (exact) mass is 719 g/mol. The number of nitriles is 1. The third-order valence-corrected chi connectivity index (χ3v) is 11.0. The van der Waals surface area contributed by atoms with Crippen LogP contribution in [0.1, 0.15) is 58.1 Å². The van der Waals surface area contributed by atoms with Gasteiger partial charge in [-0.1, -0.05) is 71.7 Å². The molecule has 256 valence electrons. The van der Waals surface area contributed by atoms with Crippen LogP contribution in [-0.2, 0) is 20.7 Å². The van der Waals surface area contributed by atoms with Gasteiger partial charge in [0.2, 0.25) is 0 Å². The number of hydrogen-bond donors (Lipinski definition) is 0. The van der Waals surface area contributed by atoms with E-state index in [2.05, 4.69) is 17.0 Å². The van der Waals surface area contributed by atoms with Gasteiger partial charge in [-0.3, -0.25) is 9.59 Å². The molecule has 1 saturated heterocycles. The van der Waals surface area contributed by atoms with E-state index in [0.29, 0.717) is 33.2 Å². The Labute approximate surface area is 300 Å². The predicted octanol–water partition coefficient (Wildman–Crippen LogP) is 7.43. The van der Waals surface area contributed by atoms with Crippen molar-refractivity contribution < 1.29 is 23.6 Å². The number of benzene rings is 4. The van der Waals surface area contributed by atoms with E-state index in [1.807, 2.05) is 48.5 Å². The van der Waals surface area contributed by atoms with E-state index in [1.54, 1.807) is 24.5 Å². The number of ether oxygens (including phenoxy) is 2. The molecule has 0 aromatic heterocycles. The van der Waals surface area contributed by atoms with Crippen LogP contribution in [0, 0.1) is 11.3 Å². The SMILES string of the molecule is COC(=O)CN(CC(CCN1CCC(c2ccccc2[S@+](C)[O-])CC1)c1ccc(Cl)c(Cl)c1)C(=O)c1c(OC)c(C#N)cc2ccccc12. The number of hydrogen-bond acceptors (Lipinski definition) is 7. The van der Waals surface area contributed by atoms with Crippen molar-refractivity contribution in [1.29, 1.82) is 5.26 Å². The van der Waals surface area contributed by atoms with Gasteiger partial charge in [0, 0.05) is 18.0 Å². The van der Waals surface area contributed by atoms with Gasteiger partial charge in [0.1, 0.15) is 24.6 Å². The summed E-state index contributed by atoms with van der Waals surface area (Å²) in [5.74, 6) is -0.752. The van der Waals surface area contributed by atoms with Crippen LogP contribution >= 0.6 is 23.2 Å². The minimum absolute atomic E-state index is 0.156. The summed E-state index contributed by atoms with van der Waals surface area (Å²) < 4.78 is 23.0. The van der Waals surface area contributed by atoms with Gasteiger partial charge < -0.3 is 23.8 Å². The van der Waals surface area contributed by atoms with E-state index in [4.69, 9.17) is 32.7 Å². The van der Waals surface area contributed by atoms with Crippen LogP contribution in [0.2, 0.25) is 10.0 Å². The molecular formula is C38H39Cl2N3O5S. The molecule has 5 rings (SSSR count). The smallest absolute Gasteiger partial charge is 0.325 e. The highest BCUT2D eigenvalue weighted by molar-refractivity contribution is 7.90. The Hall–Kier alpha value is -3.78. The summed E-state index contributed by atoms with van der Waals surface area (Å²) in [6.45, 7) is 2.36. The maximum atomic E-state index is 14.5. The Balaban J connectivity index is 1.43. The van der Waals surface area contributed by atoms with Gasteiger partial charge in [-0.2, -0.15) is 5.26 Å². The number of carbonyl (C=O) groups is 2. The maximum Gasteiger partial charge on any atom is 0.325 e. The molecule has 4 aromatic rings. The number of halogens is 2. The van der Waals surface area contributed by atoms with Crippen molar-refractivity contribution in [3.05, 3.63) is 105 Å². The molecule has 1 fully saturated rings. The molecule has 8 nitrogen and oxygen atoms in total. The van der Waals surface area contributed by atoms with Crippen molar-refractivity contribution in [1.82, 2.24) is 9.80 Å². The molecule has 1 heterocycles. The van der Waals surface area contributed by atoms with Crippen LogP contribution < -0.4 is 4.74 Å². The second kappa shape index (κ2) is 16.8. The Morgan fingerprint density at radius 3 is 2.43 bits per heavy atom. The second-order valence-electron chi connectivity index (χ2n) is 12.2. The number of carbonyl (C=O) groups excluding carboxylic acids is 2. The molecule has 0 bridgehead atoms. The zero-order valence-electron chi connectivity index (χ0n) is 27.8. The zero-order valence-corrected chi connectivity index (χ0v) is 30.1. The first-order valence-corrected chi connectivity index (χ1v) is 18.4. The van der Waals surface area contributed by atoms with Crippen LogP contribution in [0.15, 0.2) is 77.7 Å². The average Bonchev–Trinajstić information content (AvgIpc) is 3.12. The third kappa shape index (κ3) is 8.51. The summed E-state index contributed by atoms with van der Waals surface area (Å²) in [5.41, 5.74) is 2.48. The predicted molar refractivity (Wildman–Crippen MR) is 194 cm³/mol. The van der Waals surface area contributed by atoms with E-state index in [1.165, 1.54) is 19.1 Å². The molecule has 1 amide bonds. The van der Waals surface area contributed by atoms with Crippen molar-refractivity contribution in [3.8, 4) is 11.8 Å². The van der Waals surface area contributed by atoms with Crippen molar-refractivity contribution in [2.45, 2.75) is 36.0 Å². The lowest BCUT2D eigenvalue weighted by atomic mass is 9.88.